The highest BCUT2D eigenvalue weighted by Gasteiger charge is 2.17. The van der Waals surface area contributed by atoms with Crippen molar-refractivity contribution in [2.75, 3.05) is 42.4 Å². The number of hydrogen-bond acceptors (Lipinski definition) is 7. The van der Waals surface area contributed by atoms with Crippen molar-refractivity contribution in [3.8, 4) is 11.5 Å². The van der Waals surface area contributed by atoms with Gasteiger partial charge in [-0.1, -0.05) is 6.92 Å². The molecule has 0 atom stereocenters. The van der Waals surface area contributed by atoms with Crippen molar-refractivity contribution in [2.45, 2.75) is 13.8 Å². The van der Waals surface area contributed by atoms with E-state index in [0.29, 0.717) is 35.1 Å². The van der Waals surface area contributed by atoms with Gasteiger partial charge in [-0.15, -0.1) is 0 Å². The number of amides is 5. The highest BCUT2D eigenvalue weighted by molar-refractivity contribution is 6.02. The fraction of sp³-hybridized carbons (Fsp3) is 0.273. The topological polar surface area (TPSA) is 138 Å². The molecule has 174 valence electrons. The van der Waals surface area contributed by atoms with Gasteiger partial charge in [-0.25, -0.2) is 4.79 Å². The molecule has 0 fully saturated rings. The maximum Gasteiger partial charge on any atom is 0.325 e. The predicted octanol–water partition coefficient (Wildman–Crippen LogP) is 1.98. The summed E-state index contributed by atoms with van der Waals surface area (Å²) in [6, 6.07) is 10.8. The van der Waals surface area contributed by atoms with E-state index < -0.39 is 11.9 Å². The van der Waals surface area contributed by atoms with Crippen LogP contribution >= 0.6 is 0 Å². The van der Waals surface area contributed by atoms with Gasteiger partial charge in [-0.2, -0.15) is 0 Å². The van der Waals surface area contributed by atoms with Gasteiger partial charge in [-0.05, 0) is 42.9 Å². The van der Waals surface area contributed by atoms with Crippen molar-refractivity contribution in [2.24, 2.45) is 0 Å². The molecule has 2 aromatic rings. The first-order chi connectivity index (χ1) is 15.8. The molecule has 1 aliphatic heterocycles. The lowest BCUT2D eigenvalue weighted by Crippen LogP contribution is -2.44. The van der Waals surface area contributed by atoms with Gasteiger partial charge >= 0.3 is 6.03 Å². The number of nitrogens with one attached hydrogen (secondary N) is 4. The second-order valence-corrected chi connectivity index (χ2v) is 7.18. The summed E-state index contributed by atoms with van der Waals surface area (Å²) in [6.45, 7) is 3.57. The molecule has 0 saturated carbocycles. The van der Waals surface area contributed by atoms with Gasteiger partial charge in [-0.3, -0.25) is 24.6 Å². The summed E-state index contributed by atoms with van der Waals surface area (Å²) < 4.78 is 10.5. The molecule has 0 bridgehead atoms. The minimum absolute atomic E-state index is 0.0405. The molecule has 0 saturated heterocycles. The number of rotatable bonds is 8. The molecule has 11 heteroatoms. The van der Waals surface area contributed by atoms with Crippen LogP contribution in [0.5, 0.6) is 11.5 Å². The Bertz CT molecular complexity index is 1040. The second kappa shape index (κ2) is 11.0. The summed E-state index contributed by atoms with van der Waals surface area (Å²) in [5.74, 6) is 0.0298. The van der Waals surface area contributed by atoms with Crippen molar-refractivity contribution in [1.82, 2.24) is 10.2 Å². The molecule has 1 aliphatic rings. The molecule has 0 radical (unpaired) electrons. The van der Waals surface area contributed by atoms with E-state index in [1.807, 2.05) is 0 Å². The van der Waals surface area contributed by atoms with Crippen LogP contribution in [0.25, 0.3) is 0 Å². The van der Waals surface area contributed by atoms with Gasteiger partial charge in [0.2, 0.25) is 24.5 Å². The first kappa shape index (κ1) is 23.5. The molecule has 0 spiro atoms. The van der Waals surface area contributed by atoms with Gasteiger partial charge in [0.25, 0.3) is 0 Å². The molecule has 0 aliphatic carbocycles. The largest absolute Gasteiger partial charge is 0.454 e. The Kier molecular flexibility index (Phi) is 7.82. The molecular weight excluding hydrogens is 430 g/mol. The maximum absolute atomic E-state index is 12.3. The standard InChI is InChI=1S/C22H25N5O6/c1-3-27(11-20(29)24-16-6-4-15(5-7-16)23-14(2)28)12-21(30)26-22(31)25-17-8-9-18-19(10-17)33-13-32-18/h4-10H,3,11-13H2,1-2H3,(H,23,28)(H,24,29)(H2,25,26,30,31). The minimum atomic E-state index is -0.696. The quantitative estimate of drug-likeness (QED) is 0.477. The Balaban J connectivity index is 1.44. The van der Waals surface area contributed by atoms with Gasteiger partial charge in [0, 0.05) is 30.1 Å². The van der Waals surface area contributed by atoms with Crippen LogP contribution in [0.1, 0.15) is 13.8 Å². The number of likely N-dealkylation sites (N-methyl/N-ethyl adjacent to an activating group) is 1. The van der Waals surface area contributed by atoms with Crippen LogP contribution < -0.4 is 30.7 Å². The molecule has 2 aromatic carbocycles. The van der Waals surface area contributed by atoms with Gasteiger partial charge in [0.1, 0.15) is 0 Å². The van der Waals surface area contributed by atoms with Crippen LogP contribution in [0.15, 0.2) is 42.5 Å². The van der Waals surface area contributed by atoms with E-state index in [2.05, 4.69) is 21.3 Å². The van der Waals surface area contributed by atoms with E-state index in [-0.39, 0.29) is 31.7 Å². The third-order valence-electron chi connectivity index (χ3n) is 4.55. The number of nitrogens with zero attached hydrogens (tertiary/aromatic N) is 1. The number of fused-ring (bicyclic) bond motifs is 1. The van der Waals surface area contributed by atoms with E-state index in [9.17, 15) is 19.2 Å². The fourth-order valence-corrected chi connectivity index (χ4v) is 3.03. The summed E-state index contributed by atoms with van der Waals surface area (Å²) in [7, 11) is 0. The van der Waals surface area contributed by atoms with Crippen molar-refractivity contribution in [1.29, 1.82) is 0 Å². The van der Waals surface area contributed by atoms with Crippen molar-refractivity contribution < 1.29 is 28.7 Å². The van der Waals surface area contributed by atoms with E-state index >= 15 is 0 Å². The Labute approximate surface area is 190 Å². The van der Waals surface area contributed by atoms with Crippen molar-refractivity contribution in [3.05, 3.63) is 42.5 Å². The Hall–Kier alpha value is -4.12. The third kappa shape index (κ3) is 7.21. The maximum atomic E-state index is 12.3. The zero-order chi connectivity index (χ0) is 23.8. The summed E-state index contributed by atoms with van der Waals surface area (Å²) in [5, 5.41) is 10.2. The van der Waals surface area contributed by atoms with Crippen molar-refractivity contribution in [3.63, 3.8) is 0 Å². The molecule has 33 heavy (non-hydrogen) atoms. The van der Waals surface area contributed by atoms with Crippen LogP contribution in [-0.4, -0.2) is 55.1 Å². The van der Waals surface area contributed by atoms with Gasteiger partial charge < -0.3 is 25.4 Å². The first-order valence-electron chi connectivity index (χ1n) is 10.2. The average molecular weight is 455 g/mol. The first-order valence-corrected chi connectivity index (χ1v) is 10.2. The summed E-state index contributed by atoms with van der Waals surface area (Å²) in [6.07, 6.45) is 0. The van der Waals surface area contributed by atoms with Crippen LogP contribution in [0.4, 0.5) is 21.9 Å². The van der Waals surface area contributed by atoms with Crippen LogP contribution in [0.3, 0.4) is 0 Å². The second-order valence-electron chi connectivity index (χ2n) is 7.18. The van der Waals surface area contributed by atoms with Crippen LogP contribution in [-0.2, 0) is 14.4 Å². The third-order valence-corrected chi connectivity index (χ3v) is 4.55. The lowest BCUT2D eigenvalue weighted by atomic mass is 10.2. The monoisotopic (exact) mass is 455 g/mol. The lowest BCUT2D eigenvalue weighted by Gasteiger charge is -2.19. The van der Waals surface area contributed by atoms with Crippen molar-refractivity contribution >= 4 is 40.8 Å². The summed E-state index contributed by atoms with van der Waals surface area (Å²) in [4.78, 5) is 49.3. The van der Waals surface area contributed by atoms with Crippen LogP contribution in [0.2, 0.25) is 0 Å². The Morgan fingerprint density at radius 1 is 0.818 bits per heavy atom. The smallest absolute Gasteiger partial charge is 0.325 e. The number of benzene rings is 2. The van der Waals surface area contributed by atoms with Crippen LogP contribution in [0, 0.1) is 0 Å². The predicted molar refractivity (Wildman–Crippen MR) is 121 cm³/mol. The molecule has 11 nitrogen and oxygen atoms in total. The molecule has 3 rings (SSSR count). The normalized spacial score (nSPS) is 11.6. The SMILES string of the molecule is CCN(CC(=O)NC(=O)Nc1ccc2c(c1)OCO2)CC(=O)Nc1ccc(NC(C)=O)cc1. The number of anilines is 3. The number of hydrogen-bond donors (Lipinski definition) is 4. The molecule has 4 N–H and O–H groups in total. The molecule has 1 heterocycles. The number of urea groups is 1. The fourth-order valence-electron chi connectivity index (χ4n) is 3.03. The molecule has 5 amide bonds. The zero-order valence-electron chi connectivity index (χ0n) is 18.3. The number of ether oxygens (including phenoxy) is 2. The Morgan fingerprint density at radius 2 is 1.42 bits per heavy atom. The van der Waals surface area contributed by atoms with Gasteiger partial charge in [0.05, 0.1) is 13.1 Å². The average Bonchev–Trinajstić information content (AvgIpc) is 3.22. The number of carbonyl (C=O) groups excluding carboxylic acids is 4. The zero-order valence-corrected chi connectivity index (χ0v) is 18.3. The number of imide groups is 1. The molecule has 0 unspecified atom stereocenters. The summed E-state index contributed by atoms with van der Waals surface area (Å²) in [5.41, 5.74) is 1.62. The molecule has 0 aromatic heterocycles. The van der Waals surface area contributed by atoms with E-state index in [0.717, 1.165) is 0 Å². The number of carbonyl (C=O) groups is 4. The Morgan fingerprint density at radius 3 is 2.09 bits per heavy atom. The van der Waals surface area contributed by atoms with E-state index in [4.69, 9.17) is 9.47 Å². The van der Waals surface area contributed by atoms with E-state index in [1.54, 1.807) is 54.3 Å². The van der Waals surface area contributed by atoms with Gasteiger partial charge in [0.15, 0.2) is 11.5 Å². The van der Waals surface area contributed by atoms with E-state index in [1.165, 1.54) is 6.92 Å². The summed E-state index contributed by atoms with van der Waals surface area (Å²) >= 11 is 0. The highest BCUT2D eigenvalue weighted by atomic mass is 16.7. The lowest BCUT2D eigenvalue weighted by molar-refractivity contribution is -0.122. The molecular formula is C22H25N5O6. The highest BCUT2D eigenvalue weighted by Crippen LogP contribution is 2.34. The minimum Gasteiger partial charge on any atom is -0.454 e.